The van der Waals surface area contributed by atoms with Crippen LogP contribution in [0.25, 0.3) is 10.2 Å². The lowest BCUT2D eigenvalue weighted by molar-refractivity contribution is -0.121. The Kier molecular flexibility index (Phi) is 6.56. The summed E-state index contributed by atoms with van der Waals surface area (Å²) in [7, 11) is 0. The Balaban J connectivity index is 1.80. The highest BCUT2D eigenvalue weighted by Crippen LogP contribution is 2.35. The Morgan fingerprint density at radius 1 is 1.16 bits per heavy atom. The molecule has 0 aliphatic rings. The summed E-state index contributed by atoms with van der Waals surface area (Å²) >= 11 is 1.16. The molecular formula is C23H24N4O3S. The molecule has 8 heteroatoms. The van der Waals surface area contributed by atoms with E-state index in [-0.39, 0.29) is 17.8 Å². The second kappa shape index (κ2) is 9.14. The molecule has 3 rings (SSSR count). The van der Waals surface area contributed by atoms with Gasteiger partial charge in [0.05, 0.1) is 18.2 Å². The average Bonchev–Trinajstić information content (AvgIpc) is 3.02. The molecular weight excluding hydrogens is 412 g/mol. The van der Waals surface area contributed by atoms with E-state index >= 15 is 0 Å². The molecule has 0 radical (unpaired) electrons. The molecule has 7 nitrogen and oxygen atoms in total. The Bertz CT molecular complexity index is 1190. The minimum atomic E-state index is -0.661. The van der Waals surface area contributed by atoms with Crippen molar-refractivity contribution in [2.24, 2.45) is 0 Å². The minimum Gasteiger partial charge on any atom is -0.451 e. The third-order valence-electron chi connectivity index (χ3n) is 4.80. The lowest BCUT2D eigenvalue weighted by Crippen LogP contribution is -2.35. The first-order valence-corrected chi connectivity index (χ1v) is 10.6. The Labute approximate surface area is 185 Å². The first-order valence-electron chi connectivity index (χ1n) is 9.80. The van der Waals surface area contributed by atoms with Crippen molar-refractivity contribution < 1.29 is 14.3 Å². The molecule has 0 aliphatic carbocycles. The predicted molar refractivity (Wildman–Crippen MR) is 122 cm³/mol. The number of benzene rings is 1. The van der Waals surface area contributed by atoms with Gasteiger partial charge in [-0.25, -0.2) is 9.78 Å². The van der Waals surface area contributed by atoms with Crippen LogP contribution in [0.3, 0.4) is 0 Å². The molecule has 0 saturated heterocycles. The summed E-state index contributed by atoms with van der Waals surface area (Å²) in [5.74, 6) is -1.06. The Morgan fingerprint density at radius 2 is 1.84 bits per heavy atom. The predicted octanol–water partition coefficient (Wildman–Crippen LogP) is 4.22. The van der Waals surface area contributed by atoms with E-state index < -0.39 is 18.5 Å². The van der Waals surface area contributed by atoms with Gasteiger partial charge in [0, 0.05) is 23.3 Å². The third-order valence-corrected chi connectivity index (χ3v) is 5.88. The molecule has 0 saturated carbocycles. The van der Waals surface area contributed by atoms with Gasteiger partial charge in [0.25, 0.3) is 5.91 Å². The number of carbonyl (C=O) groups is 2. The quantitative estimate of drug-likeness (QED) is 0.580. The van der Waals surface area contributed by atoms with Crippen LogP contribution in [0.4, 0.5) is 11.4 Å². The number of aryl methyl sites for hydroxylation is 4. The summed E-state index contributed by atoms with van der Waals surface area (Å²) in [5.41, 5.74) is 10.9. The molecule has 0 atom stereocenters. The second-order valence-corrected chi connectivity index (χ2v) is 8.48. The zero-order chi connectivity index (χ0) is 22.7. The first kappa shape index (κ1) is 22.2. The van der Waals surface area contributed by atoms with Gasteiger partial charge in [-0.3, -0.25) is 4.79 Å². The minimum absolute atomic E-state index is 0.167. The fourth-order valence-electron chi connectivity index (χ4n) is 3.56. The summed E-state index contributed by atoms with van der Waals surface area (Å²) in [4.78, 5) is 32.3. The highest BCUT2D eigenvalue weighted by Gasteiger charge is 2.23. The van der Waals surface area contributed by atoms with E-state index in [0.717, 1.165) is 39.1 Å². The maximum absolute atomic E-state index is 12.9. The van der Waals surface area contributed by atoms with Crippen LogP contribution < -0.4 is 10.6 Å². The molecule has 1 amide bonds. The number of carbonyl (C=O) groups excluding carboxylic acids is 2. The van der Waals surface area contributed by atoms with Gasteiger partial charge in [-0.05, 0) is 62.6 Å². The average molecular weight is 437 g/mol. The molecule has 0 aliphatic heterocycles. The van der Waals surface area contributed by atoms with Crippen LogP contribution in [0.2, 0.25) is 0 Å². The van der Waals surface area contributed by atoms with Crippen LogP contribution in [0, 0.1) is 39.0 Å². The van der Waals surface area contributed by atoms with Crippen LogP contribution in [-0.2, 0) is 9.53 Å². The van der Waals surface area contributed by atoms with E-state index in [1.807, 2.05) is 52.0 Å². The number of esters is 1. The molecule has 0 fully saturated rings. The maximum atomic E-state index is 12.9. The SMILES string of the molecule is Cc1cc(C)cc(N(CCC#N)C(=O)COC(=O)c2sc3nc(C)cc(C)c3c2N)c1. The smallest absolute Gasteiger partial charge is 0.351 e. The van der Waals surface area contributed by atoms with Crippen LogP contribution in [0.5, 0.6) is 0 Å². The van der Waals surface area contributed by atoms with Crippen molar-refractivity contribution >= 4 is 44.8 Å². The summed E-state index contributed by atoms with van der Waals surface area (Å²) in [5, 5.41) is 9.71. The van der Waals surface area contributed by atoms with Gasteiger partial charge in [-0.1, -0.05) is 6.07 Å². The highest BCUT2D eigenvalue weighted by molar-refractivity contribution is 7.21. The van der Waals surface area contributed by atoms with E-state index in [4.69, 9.17) is 15.7 Å². The van der Waals surface area contributed by atoms with Crippen molar-refractivity contribution in [2.45, 2.75) is 34.1 Å². The number of rotatable bonds is 6. The first-order chi connectivity index (χ1) is 14.7. The number of nitrogen functional groups attached to an aromatic ring is 1. The molecule has 160 valence electrons. The number of hydrogen-bond acceptors (Lipinski definition) is 7. The molecule has 2 aromatic heterocycles. The van der Waals surface area contributed by atoms with Gasteiger partial charge >= 0.3 is 5.97 Å². The van der Waals surface area contributed by atoms with E-state index in [9.17, 15) is 9.59 Å². The van der Waals surface area contributed by atoms with E-state index in [1.165, 1.54) is 4.90 Å². The van der Waals surface area contributed by atoms with E-state index in [1.54, 1.807) is 0 Å². The Hall–Kier alpha value is -3.44. The molecule has 31 heavy (non-hydrogen) atoms. The summed E-state index contributed by atoms with van der Waals surface area (Å²) in [6, 6.07) is 9.69. The van der Waals surface area contributed by atoms with Gasteiger partial charge in [0.15, 0.2) is 6.61 Å². The number of fused-ring (bicyclic) bond motifs is 1. The number of amides is 1. The normalized spacial score (nSPS) is 10.7. The number of ether oxygens (including phenoxy) is 1. The van der Waals surface area contributed by atoms with Gasteiger partial charge in [-0.2, -0.15) is 5.26 Å². The van der Waals surface area contributed by atoms with Crippen molar-refractivity contribution in [3.05, 3.63) is 51.5 Å². The molecule has 0 bridgehead atoms. The molecule has 2 heterocycles. The Morgan fingerprint density at radius 3 is 2.48 bits per heavy atom. The van der Waals surface area contributed by atoms with Gasteiger partial charge in [0.1, 0.15) is 9.71 Å². The van der Waals surface area contributed by atoms with E-state index in [0.29, 0.717) is 16.2 Å². The third kappa shape index (κ3) is 4.84. The fourth-order valence-corrected chi connectivity index (χ4v) is 4.67. The number of nitriles is 1. The molecule has 1 aromatic carbocycles. The number of aromatic nitrogens is 1. The van der Waals surface area contributed by atoms with Crippen LogP contribution in [0.1, 0.15) is 38.5 Å². The number of nitrogens with zero attached hydrogens (tertiary/aromatic N) is 3. The number of hydrogen-bond donors (Lipinski definition) is 1. The zero-order valence-corrected chi connectivity index (χ0v) is 18.8. The van der Waals surface area contributed by atoms with Gasteiger partial charge in [0.2, 0.25) is 0 Å². The summed E-state index contributed by atoms with van der Waals surface area (Å²) in [6.07, 6.45) is 0.167. The number of anilines is 2. The van der Waals surface area contributed by atoms with Crippen LogP contribution in [-0.4, -0.2) is 30.0 Å². The van der Waals surface area contributed by atoms with E-state index in [2.05, 4.69) is 11.1 Å². The van der Waals surface area contributed by atoms with Crippen molar-refractivity contribution in [3.8, 4) is 6.07 Å². The lowest BCUT2D eigenvalue weighted by Gasteiger charge is -2.22. The van der Waals surface area contributed by atoms with Crippen LogP contribution in [0.15, 0.2) is 24.3 Å². The fraction of sp³-hybridized carbons (Fsp3) is 0.304. The maximum Gasteiger partial charge on any atom is 0.351 e. The second-order valence-electron chi connectivity index (χ2n) is 7.48. The lowest BCUT2D eigenvalue weighted by atomic mass is 10.1. The van der Waals surface area contributed by atoms with Gasteiger partial charge < -0.3 is 15.4 Å². The topological polar surface area (TPSA) is 109 Å². The van der Waals surface area contributed by atoms with Crippen LogP contribution >= 0.6 is 11.3 Å². The standard InChI is InChI=1S/C23H24N4O3S/c1-13-8-14(2)10-17(9-13)27(7-5-6-24)18(28)12-30-23(29)21-20(25)19-15(3)11-16(4)26-22(19)31-21/h8-11H,5,7,12,25H2,1-4H3. The highest BCUT2D eigenvalue weighted by atomic mass is 32.1. The van der Waals surface area contributed by atoms with Crippen molar-refractivity contribution in [3.63, 3.8) is 0 Å². The molecule has 0 unspecified atom stereocenters. The largest absolute Gasteiger partial charge is 0.451 e. The van der Waals surface area contributed by atoms with Crippen molar-refractivity contribution in [2.75, 3.05) is 23.8 Å². The summed E-state index contributed by atoms with van der Waals surface area (Å²) < 4.78 is 5.30. The monoisotopic (exact) mass is 436 g/mol. The molecule has 3 aromatic rings. The number of pyridine rings is 1. The van der Waals surface area contributed by atoms with Crippen molar-refractivity contribution in [1.82, 2.24) is 4.98 Å². The zero-order valence-electron chi connectivity index (χ0n) is 18.0. The van der Waals surface area contributed by atoms with Crippen molar-refractivity contribution in [1.29, 1.82) is 5.26 Å². The molecule has 0 spiro atoms. The van der Waals surface area contributed by atoms with Gasteiger partial charge in [-0.15, -0.1) is 11.3 Å². The number of thiophene rings is 1. The number of nitrogens with two attached hydrogens (primary N) is 1. The summed E-state index contributed by atoms with van der Waals surface area (Å²) in [6.45, 7) is 7.42. The molecule has 2 N–H and O–H groups in total.